The van der Waals surface area contributed by atoms with Gasteiger partial charge in [-0.25, -0.2) is 18.1 Å². The van der Waals surface area contributed by atoms with Crippen molar-refractivity contribution in [2.75, 3.05) is 0 Å². The molecular weight excluding hydrogens is 210 g/mol. The summed E-state index contributed by atoms with van der Waals surface area (Å²) in [5.74, 6) is 0. The van der Waals surface area contributed by atoms with Gasteiger partial charge in [0.2, 0.25) is 4.96 Å². The lowest BCUT2D eigenvalue weighted by Gasteiger charge is -2.20. The Labute approximate surface area is 91.3 Å². The normalized spacial score (nSPS) is 18.7. The predicted molar refractivity (Wildman–Crippen MR) is 59.5 cm³/mol. The first-order valence-electron chi connectivity index (χ1n) is 5.41. The summed E-state index contributed by atoms with van der Waals surface area (Å²) in [5.41, 5.74) is 0.0828. The maximum Gasteiger partial charge on any atom is 0.344 e. The van der Waals surface area contributed by atoms with Crippen LogP contribution in [-0.4, -0.2) is 13.3 Å². The van der Waals surface area contributed by atoms with Gasteiger partial charge in [-0.05, 0) is 24.4 Å². The number of aromatic nitrogens is 3. The van der Waals surface area contributed by atoms with Crippen LogP contribution in [0.3, 0.4) is 0 Å². The van der Waals surface area contributed by atoms with Crippen LogP contribution in [0.5, 0.6) is 0 Å². The zero-order valence-corrected chi connectivity index (χ0v) is 9.24. The van der Waals surface area contributed by atoms with Gasteiger partial charge in [-0.15, -0.1) is 0 Å². The van der Waals surface area contributed by atoms with Crippen molar-refractivity contribution in [3.05, 3.63) is 22.9 Å². The molecule has 0 aliphatic heterocycles. The lowest BCUT2D eigenvalue weighted by atomic mass is 9.96. The molecule has 0 radical (unpaired) electrons. The van der Waals surface area contributed by atoms with E-state index < -0.39 is 0 Å². The van der Waals surface area contributed by atoms with E-state index in [-0.39, 0.29) is 5.69 Å². The van der Waals surface area contributed by atoms with Gasteiger partial charge in [0, 0.05) is 18.4 Å². The van der Waals surface area contributed by atoms with Crippen molar-refractivity contribution in [1.29, 1.82) is 0 Å². The van der Waals surface area contributed by atoms with Gasteiger partial charge in [0.1, 0.15) is 0 Å². The molecule has 0 spiro atoms. The Morgan fingerprint density at radius 2 is 2.13 bits per heavy atom. The van der Waals surface area contributed by atoms with Crippen molar-refractivity contribution in [2.24, 2.45) is 0 Å². The fourth-order valence-electron chi connectivity index (χ4n) is 2.28. The van der Waals surface area contributed by atoms with E-state index in [0.29, 0.717) is 6.04 Å². The lowest BCUT2D eigenvalue weighted by Crippen LogP contribution is -2.24. The minimum Gasteiger partial charge on any atom is -0.246 e. The Bertz CT molecular complexity index is 518. The molecule has 1 saturated carbocycles. The van der Waals surface area contributed by atoms with Crippen molar-refractivity contribution in [2.45, 2.75) is 38.1 Å². The summed E-state index contributed by atoms with van der Waals surface area (Å²) in [7, 11) is 0. The fraction of sp³-hybridized carbons (Fsp3) is 0.600. The van der Waals surface area contributed by atoms with E-state index in [9.17, 15) is 4.79 Å². The van der Waals surface area contributed by atoms with Crippen LogP contribution in [0, 0.1) is 0 Å². The molecule has 1 aliphatic carbocycles. The largest absolute Gasteiger partial charge is 0.344 e. The molecule has 0 bridgehead atoms. The summed E-state index contributed by atoms with van der Waals surface area (Å²) >= 11 is 1.49. The topological polar surface area (TPSA) is 39.3 Å². The fourth-order valence-corrected chi connectivity index (χ4v) is 3.32. The summed E-state index contributed by atoms with van der Waals surface area (Å²) < 4.78 is 3.54. The van der Waals surface area contributed by atoms with Crippen LogP contribution < -0.4 is 5.69 Å². The highest BCUT2D eigenvalue weighted by Gasteiger charge is 2.19. The number of imidazole rings is 1. The van der Waals surface area contributed by atoms with Gasteiger partial charge in [-0.3, -0.25) is 0 Å². The molecule has 4 nitrogen and oxygen atoms in total. The SMILES string of the molecule is O=c1n(C2CCCCC2)sc2nccn12. The molecular formula is C10H13N3OS. The van der Waals surface area contributed by atoms with Crippen molar-refractivity contribution in [1.82, 2.24) is 13.3 Å². The van der Waals surface area contributed by atoms with Crippen LogP contribution in [0.2, 0.25) is 0 Å². The van der Waals surface area contributed by atoms with Crippen molar-refractivity contribution in [3.8, 4) is 0 Å². The third-order valence-electron chi connectivity index (χ3n) is 3.09. The molecule has 0 N–H and O–H groups in total. The van der Waals surface area contributed by atoms with E-state index >= 15 is 0 Å². The van der Waals surface area contributed by atoms with Gasteiger partial charge >= 0.3 is 5.69 Å². The Kier molecular flexibility index (Phi) is 2.12. The molecule has 0 saturated heterocycles. The number of nitrogens with zero attached hydrogens (tertiary/aromatic N) is 3. The number of hydrogen-bond donors (Lipinski definition) is 0. The molecule has 1 aliphatic rings. The third-order valence-corrected chi connectivity index (χ3v) is 4.20. The predicted octanol–water partition coefficient (Wildman–Crippen LogP) is 2.06. The average Bonchev–Trinajstić information content (AvgIpc) is 2.83. The Morgan fingerprint density at radius 1 is 1.33 bits per heavy atom. The van der Waals surface area contributed by atoms with Crippen LogP contribution in [0.25, 0.3) is 4.96 Å². The minimum atomic E-state index is 0.0828. The van der Waals surface area contributed by atoms with Crippen LogP contribution in [0.15, 0.2) is 17.2 Å². The molecule has 2 heterocycles. The van der Waals surface area contributed by atoms with Crippen LogP contribution in [0.1, 0.15) is 38.1 Å². The molecule has 2 aromatic rings. The molecule has 15 heavy (non-hydrogen) atoms. The van der Waals surface area contributed by atoms with E-state index in [0.717, 1.165) is 17.8 Å². The van der Waals surface area contributed by atoms with E-state index in [4.69, 9.17) is 0 Å². The minimum absolute atomic E-state index is 0.0828. The van der Waals surface area contributed by atoms with Gasteiger partial charge in [-0.2, -0.15) is 0 Å². The molecule has 5 heteroatoms. The third kappa shape index (κ3) is 1.42. The highest BCUT2D eigenvalue weighted by atomic mass is 32.1. The second kappa shape index (κ2) is 3.48. The van der Waals surface area contributed by atoms with Crippen molar-refractivity contribution >= 4 is 16.5 Å². The monoisotopic (exact) mass is 223 g/mol. The summed E-state index contributed by atoms with van der Waals surface area (Å²) in [6, 6.07) is 0.415. The van der Waals surface area contributed by atoms with Crippen LogP contribution >= 0.6 is 11.5 Å². The first kappa shape index (κ1) is 9.15. The highest BCUT2D eigenvalue weighted by Crippen LogP contribution is 2.28. The van der Waals surface area contributed by atoms with Gasteiger partial charge in [0.05, 0.1) is 0 Å². The lowest BCUT2D eigenvalue weighted by molar-refractivity contribution is 0.362. The Hall–Kier alpha value is -1.10. The summed E-state index contributed by atoms with van der Waals surface area (Å²) in [4.78, 5) is 17.0. The highest BCUT2D eigenvalue weighted by molar-refractivity contribution is 7.11. The van der Waals surface area contributed by atoms with Crippen LogP contribution in [-0.2, 0) is 0 Å². The van der Waals surface area contributed by atoms with E-state index in [1.807, 2.05) is 3.96 Å². The maximum atomic E-state index is 12.0. The smallest absolute Gasteiger partial charge is 0.246 e. The van der Waals surface area contributed by atoms with E-state index in [1.54, 1.807) is 16.8 Å². The first-order valence-corrected chi connectivity index (χ1v) is 6.18. The van der Waals surface area contributed by atoms with E-state index in [2.05, 4.69) is 4.98 Å². The Morgan fingerprint density at radius 3 is 2.87 bits per heavy atom. The molecule has 0 unspecified atom stereocenters. The number of fused-ring (bicyclic) bond motifs is 1. The molecule has 0 aromatic carbocycles. The molecule has 0 amide bonds. The van der Waals surface area contributed by atoms with E-state index in [1.165, 1.54) is 30.8 Å². The molecule has 80 valence electrons. The molecule has 3 rings (SSSR count). The first-order chi connectivity index (χ1) is 7.36. The molecule has 1 fully saturated rings. The summed E-state index contributed by atoms with van der Waals surface area (Å²) in [6.07, 6.45) is 9.52. The molecule has 0 atom stereocenters. The second-order valence-corrected chi connectivity index (χ2v) is 5.01. The van der Waals surface area contributed by atoms with Crippen LogP contribution in [0.4, 0.5) is 0 Å². The molecule has 2 aromatic heterocycles. The summed E-state index contributed by atoms with van der Waals surface area (Å²) in [5, 5.41) is 0. The quantitative estimate of drug-likeness (QED) is 0.742. The number of rotatable bonds is 1. The van der Waals surface area contributed by atoms with Gasteiger partial charge < -0.3 is 0 Å². The zero-order valence-electron chi connectivity index (χ0n) is 8.43. The van der Waals surface area contributed by atoms with Crippen molar-refractivity contribution < 1.29 is 0 Å². The van der Waals surface area contributed by atoms with Crippen molar-refractivity contribution in [3.63, 3.8) is 0 Å². The Balaban J connectivity index is 2.06. The average molecular weight is 223 g/mol. The summed E-state index contributed by atoms with van der Waals surface area (Å²) in [6.45, 7) is 0. The second-order valence-electron chi connectivity index (χ2n) is 4.07. The van der Waals surface area contributed by atoms with Gasteiger partial charge in [0.25, 0.3) is 0 Å². The standard InChI is InChI=1S/C10H13N3OS/c14-10-12-7-6-11-9(12)15-13(10)8-4-2-1-3-5-8/h6-8H,1-5H2. The zero-order chi connectivity index (χ0) is 10.3. The maximum absolute atomic E-state index is 12.0. The van der Waals surface area contributed by atoms with Gasteiger partial charge in [-0.1, -0.05) is 19.3 Å². The van der Waals surface area contributed by atoms with Gasteiger partial charge in [0.15, 0.2) is 0 Å². The number of hydrogen-bond acceptors (Lipinski definition) is 3.